The molecule has 0 aromatic heterocycles. The van der Waals surface area contributed by atoms with E-state index in [1.807, 2.05) is 0 Å². The van der Waals surface area contributed by atoms with Gasteiger partial charge in [0.25, 0.3) is 11.8 Å². The maximum Gasteiger partial charge on any atom is 0.341 e. The second kappa shape index (κ2) is 7.68. The molecule has 0 saturated carbocycles. The van der Waals surface area contributed by atoms with Gasteiger partial charge in [0.15, 0.2) is 0 Å². The molecule has 0 atom stereocenters. The summed E-state index contributed by atoms with van der Waals surface area (Å²) in [6.07, 6.45) is -0.750. The molecule has 1 N–H and O–H groups in total. The molecule has 1 aliphatic heterocycles. The highest BCUT2D eigenvalue weighted by Gasteiger charge is 2.35. The SMILES string of the molecule is O=C(O)c1c(F)cc(-c2cccc3cc(C(=O)N4CCC(F)(F)CC4)ccc23)cc1F. The van der Waals surface area contributed by atoms with E-state index in [0.717, 1.165) is 12.1 Å². The van der Waals surface area contributed by atoms with E-state index in [4.69, 9.17) is 5.11 Å². The summed E-state index contributed by atoms with van der Waals surface area (Å²) >= 11 is 0. The zero-order valence-electron chi connectivity index (χ0n) is 16.2. The summed E-state index contributed by atoms with van der Waals surface area (Å²) in [6, 6.07) is 11.7. The summed E-state index contributed by atoms with van der Waals surface area (Å²) < 4.78 is 55.0. The van der Waals surface area contributed by atoms with E-state index in [-0.39, 0.29) is 37.4 Å². The molecule has 31 heavy (non-hydrogen) atoms. The Morgan fingerprint density at radius 2 is 1.58 bits per heavy atom. The average molecular weight is 431 g/mol. The van der Waals surface area contributed by atoms with Gasteiger partial charge in [0.1, 0.15) is 17.2 Å². The molecule has 0 aliphatic carbocycles. The molecule has 1 heterocycles. The number of rotatable bonds is 3. The number of carboxylic acid groups (broad SMARTS) is 1. The lowest BCUT2D eigenvalue weighted by atomic mass is 9.95. The smallest absolute Gasteiger partial charge is 0.341 e. The van der Waals surface area contributed by atoms with Gasteiger partial charge in [-0.15, -0.1) is 0 Å². The number of fused-ring (bicyclic) bond motifs is 1. The highest BCUT2D eigenvalue weighted by Crippen LogP contribution is 2.33. The summed E-state index contributed by atoms with van der Waals surface area (Å²) in [6.45, 7) is -0.0588. The Bertz CT molecular complexity index is 1180. The third kappa shape index (κ3) is 3.97. The Labute approximate surface area is 174 Å². The van der Waals surface area contributed by atoms with Gasteiger partial charge in [-0.3, -0.25) is 4.79 Å². The van der Waals surface area contributed by atoms with Crippen LogP contribution in [0.25, 0.3) is 21.9 Å². The molecule has 1 saturated heterocycles. The minimum Gasteiger partial charge on any atom is -0.477 e. The van der Waals surface area contributed by atoms with E-state index in [2.05, 4.69) is 0 Å². The number of piperidine rings is 1. The zero-order valence-corrected chi connectivity index (χ0v) is 16.2. The van der Waals surface area contributed by atoms with E-state index in [0.29, 0.717) is 21.9 Å². The van der Waals surface area contributed by atoms with Crippen molar-refractivity contribution in [2.24, 2.45) is 0 Å². The van der Waals surface area contributed by atoms with Crippen LogP contribution < -0.4 is 0 Å². The first-order chi connectivity index (χ1) is 14.7. The number of aromatic carboxylic acids is 1. The monoisotopic (exact) mass is 431 g/mol. The van der Waals surface area contributed by atoms with Gasteiger partial charge >= 0.3 is 5.97 Å². The summed E-state index contributed by atoms with van der Waals surface area (Å²) in [4.78, 5) is 25.1. The second-order valence-corrected chi connectivity index (χ2v) is 7.51. The van der Waals surface area contributed by atoms with Crippen molar-refractivity contribution in [3.8, 4) is 11.1 Å². The first-order valence-corrected chi connectivity index (χ1v) is 9.59. The third-order valence-corrected chi connectivity index (χ3v) is 5.48. The number of carboxylic acids is 1. The molecule has 3 aromatic rings. The lowest BCUT2D eigenvalue weighted by Gasteiger charge is -2.31. The predicted octanol–water partition coefficient (Wildman–Crippen LogP) is 5.35. The summed E-state index contributed by atoms with van der Waals surface area (Å²) in [5, 5.41) is 10.2. The van der Waals surface area contributed by atoms with Crippen LogP contribution in [0.5, 0.6) is 0 Å². The number of benzene rings is 3. The van der Waals surface area contributed by atoms with Gasteiger partial charge in [-0.2, -0.15) is 0 Å². The summed E-state index contributed by atoms with van der Waals surface area (Å²) in [5.41, 5.74) is -0.0794. The number of alkyl halides is 2. The van der Waals surface area contributed by atoms with Crippen molar-refractivity contribution in [3.05, 3.63) is 71.3 Å². The highest BCUT2D eigenvalue weighted by atomic mass is 19.3. The van der Waals surface area contributed by atoms with Gasteiger partial charge in [0.2, 0.25) is 0 Å². The van der Waals surface area contributed by atoms with Crippen molar-refractivity contribution in [1.82, 2.24) is 4.90 Å². The predicted molar refractivity (Wildman–Crippen MR) is 106 cm³/mol. The van der Waals surface area contributed by atoms with Gasteiger partial charge in [-0.1, -0.05) is 24.3 Å². The maximum atomic E-state index is 14.2. The van der Waals surface area contributed by atoms with Crippen LogP contribution in [-0.4, -0.2) is 40.9 Å². The maximum absolute atomic E-state index is 14.2. The normalized spacial score (nSPS) is 15.8. The molecule has 4 rings (SSSR count). The molecule has 1 amide bonds. The Morgan fingerprint density at radius 1 is 0.935 bits per heavy atom. The molecule has 1 fully saturated rings. The Morgan fingerprint density at radius 3 is 2.19 bits per heavy atom. The lowest BCUT2D eigenvalue weighted by Crippen LogP contribution is -2.42. The molecule has 160 valence electrons. The van der Waals surface area contributed by atoms with Crippen LogP contribution in [0.2, 0.25) is 0 Å². The molecular weight excluding hydrogens is 414 g/mol. The lowest BCUT2D eigenvalue weighted by molar-refractivity contribution is -0.0494. The summed E-state index contributed by atoms with van der Waals surface area (Å²) in [5.74, 6) is -7.18. The molecule has 1 aliphatic rings. The second-order valence-electron chi connectivity index (χ2n) is 7.51. The van der Waals surface area contributed by atoms with Crippen molar-refractivity contribution in [1.29, 1.82) is 0 Å². The Balaban J connectivity index is 1.70. The topological polar surface area (TPSA) is 57.6 Å². The van der Waals surface area contributed by atoms with Crippen molar-refractivity contribution in [3.63, 3.8) is 0 Å². The minimum atomic E-state index is -2.75. The van der Waals surface area contributed by atoms with Crippen LogP contribution in [0.4, 0.5) is 17.6 Å². The van der Waals surface area contributed by atoms with Crippen LogP contribution in [0, 0.1) is 11.6 Å². The molecule has 0 spiro atoms. The first-order valence-electron chi connectivity index (χ1n) is 9.59. The quantitative estimate of drug-likeness (QED) is 0.569. The van der Waals surface area contributed by atoms with E-state index >= 15 is 0 Å². The van der Waals surface area contributed by atoms with E-state index in [9.17, 15) is 27.2 Å². The van der Waals surface area contributed by atoms with Crippen molar-refractivity contribution in [2.75, 3.05) is 13.1 Å². The number of hydrogen-bond acceptors (Lipinski definition) is 2. The van der Waals surface area contributed by atoms with Crippen LogP contribution in [0.1, 0.15) is 33.6 Å². The Hall–Kier alpha value is -3.42. The van der Waals surface area contributed by atoms with Crippen LogP contribution in [0.3, 0.4) is 0 Å². The number of halogens is 4. The van der Waals surface area contributed by atoms with Crippen molar-refractivity contribution >= 4 is 22.6 Å². The summed E-state index contributed by atoms with van der Waals surface area (Å²) in [7, 11) is 0. The number of hydrogen-bond donors (Lipinski definition) is 1. The van der Waals surface area contributed by atoms with Gasteiger partial charge in [-0.05, 0) is 46.2 Å². The standard InChI is InChI=1S/C23H17F4NO3/c24-18-11-15(12-19(25)20(18)22(30)31)16-3-1-2-13-10-14(4-5-17(13)16)21(29)28-8-6-23(26,27)7-9-28/h1-5,10-12H,6-9H2,(H,30,31). The molecule has 0 unspecified atom stereocenters. The molecule has 4 nitrogen and oxygen atoms in total. The van der Waals surface area contributed by atoms with Gasteiger partial charge < -0.3 is 10.0 Å². The van der Waals surface area contributed by atoms with E-state index in [1.54, 1.807) is 36.4 Å². The largest absolute Gasteiger partial charge is 0.477 e. The molecular formula is C23H17F4NO3. The number of carbonyl (C=O) groups is 2. The van der Waals surface area contributed by atoms with Crippen molar-refractivity contribution < 1.29 is 32.3 Å². The minimum absolute atomic E-state index is 0.0294. The molecule has 0 radical (unpaired) electrons. The Kier molecular flexibility index (Phi) is 5.16. The number of likely N-dealkylation sites (tertiary alicyclic amines) is 1. The highest BCUT2D eigenvalue weighted by molar-refractivity contribution is 6.03. The van der Waals surface area contributed by atoms with Crippen molar-refractivity contribution in [2.45, 2.75) is 18.8 Å². The van der Waals surface area contributed by atoms with Gasteiger partial charge in [0.05, 0.1) is 0 Å². The zero-order chi connectivity index (χ0) is 22.3. The first kappa shape index (κ1) is 20.8. The van der Waals surface area contributed by atoms with Gasteiger partial charge in [-0.25, -0.2) is 22.4 Å². The molecule has 8 heteroatoms. The average Bonchev–Trinajstić information content (AvgIpc) is 2.71. The van der Waals surface area contributed by atoms with Gasteiger partial charge in [0, 0.05) is 31.5 Å². The fraction of sp³-hybridized carbons (Fsp3) is 0.217. The van der Waals surface area contributed by atoms with Crippen LogP contribution >= 0.6 is 0 Å². The fourth-order valence-electron chi connectivity index (χ4n) is 3.82. The number of nitrogens with zero attached hydrogens (tertiary/aromatic N) is 1. The van der Waals surface area contributed by atoms with E-state index in [1.165, 1.54) is 4.90 Å². The van der Waals surface area contributed by atoms with Crippen LogP contribution in [0.15, 0.2) is 48.5 Å². The molecule has 3 aromatic carbocycles. The number of carbonyl (C=O) groups excluding carboxylic acids is 1. The fourth-order valence-corrected chi connectivity index (χ4v) is 3.82. The van der Waals surface area contributed by atoms with Crippen LogP contribution in [-0.2, 0) is 0 Å². The van der Waals surface area contributed by atoms with E-state index < -0.39 is 29.1 Å². The molecule has 0 bridgehead atoms. The number of amides is 1. The third-order valence-electron chi connectivity index (χ3n) is 5.48.